The van der Waals surface area contributed by atoms with E-state index in [1.54, 1.807) is 36.2 Å². The maximum atomic E-state index is 13.3. The molecule has 2 amide bonds. The largest absolute Gasteiger partial charge is 0.492 e. The number of nitrogens with zero attached hydrogens (tertiary/aromatic N) is 2. The van der Waals surface area contributed by atoms with E-state index in [4.69, 9.17) is 4.74 Å². The van der Waals surface area contributed by atoms with Gasteiger partial charge in [0.15, 0.2) is 0 Å². The maximum Gasteiger partial charge on any atom is 0.242 e. The molecule has 0 bridgehead atoms. The topological polar surface area (TPSA) is 96.0 Å². The first-order valence-corrected chi connectivity index (χ1v) is 13.7. The minimum absolute atomic E-state index is 0.0994. The van der Waals surface area contributed by atoms with E-state index < -0.39 is 16.1 Å². The summed E-state index contributed by atoms with van der Waals surface area (Å²) < 4.78 is 32.0. The maximum absolute atomic E-state index is 13.3. The third-order valence-electron chi connectivity index (χ3n) is 5.69. The normalized spacial score (nSPS) is 12.0. The lowest BCUT2D eigenvalue weighted by molar-refractivity contribution is -0.141. The van der Waals surface area contributed by atoms with Crippen molar-refractivity contribution in [2.45, 2.75) is 52.6 Å². The van der Waals surface area contributed by atoms with Gasteiger partial charge in [0.2, 0.25) is 21.8 Å². The lowest BCUT2D eigenvalue weighted by Gasteiger charge is -2.31. The summed E-state index contributed by atoms with van der Waals surface area (Å²) >= 11 is 0. The summed E-state index contributed by atoms with van der Waals surface area (Å²) in [6.45, 7) is 6.50. The number of carbonyl (C=O) groups is 2. The molecule has 2 aromatic rings. The van der Waals surface area contributed by atoms with Crippen LogP contribution >= 0.6 is 0 Å². The molecule has 0 aliphatic rings. The average molecular weight is 504 g/mol. The highest BCUT2D eigenvalue weighted by Gasteiger charge is 2.28. The molecule has 0 aliphatic carbocycles. The van der Waals surface area contributed by atoms with Crippen molar-refractivity contribution in [3.63, 3.8) is 0 Å². The fourth-order valence-corrected chi connectivity index (χ4v) is 4.87. The van der Waals surface area contributed by atoms with E-state index in [0.717, 1.165) is 17.4 Å². The Morgan fingerprint density at radius 3 is 2.29 bits per heavy atom. The number of sulfonamides is 1. The van der Waals surface area contributed by atoms with Crippen LogP contribution in [0.1, 0.15) is 44.2 Å². The van der Waals surface area contributed by atoms with Crippen LogP contribution in [0, 0.1) is 6.92 Å². The number of ether oxygens (including phenoxy) is 1. The third-order valence-corrected chi connectivity index (χ3v) is 6.87. The predicted octanol–water partition coefficient (Wildman–Crippen LogP) is 3.49. The molecule has 0 heterocycles. The smallest absolute Gasteiger partial charge is 0.242 e. The van der Waals surface area contributed by atoms with Crippen LogP contribution in [0.25, 0.3) is 0 Å². The molecule has 0 saturated carbocycles. The van der Waals surface area contributed by atoms with Gasteiger partial charge in [-0.25, -0.2) is 8.42 Å². The number of hydrogen-bond donors (Lipinski definition) is 1. The van der Waals surface area contributed by atoms with Crippen molar-refractivity contribution in [2.24, 2.45) is 0 Å². The van der Waals surface area contributed by atoms with Gasteiger partial charge in [0.1, 0.15) is 11.8 Å². The van der Waals surface area contributed by atoms with E-state index in [2.05, 4.69) is 5.32 Å². The molecular weight excluding hydrogens is 466 g/mol. The Labute approximate surface area is 209 Å². The van der Waals surface area contributed by atoms with Crippen molar-refractivity contribution in [3.8, 4) is 5.75 Å². The highest BCUT2D eigenvalue weighted by Crippen LogP contribution is 2.30. The van der Waals surface area contributed by atoms with Crippen LogP contribution in [0.5, 0.6) is 5.75 Å². The minimum atomic E-state index is -3.60. The summed E-state index contributed by atoms with van der Waals surface area (Å²) in [6.07, 6.45) is 2.00. The molecule has 192 valence electrons. The van der Waals surface area contributed by atoms with Gasteiger partial charge in [-0.3, -0.25) is 13.9 Å². The van der Waals surface area contributed by atoms with E-state index in [1.807, 2.05) is 45.0 Å². The van der Waals surface area contributed by atoms with Gasteiger partial charge in [-0.05, 0) is 44.4 Å². The lowest BCUT2D eigenvalue weighted by atomic mass is 10.1. The third kappa shape index (κ3) is 7.99. The Morgan fingerprint density at radius 2 is 1.71 bits per heavy atom. The fraction of sp³-hybridized carbons (Fsp3) is 0.462. The number of amides is 2. The molecule has 0 aromatic heterocycles. The summed E-state index contributed by atoms with van der Waals surface area (Å²) in [5.41, 5.74) is 2.48. The lowest BCUT2D eigenvalue weighted by Crippen LogP contribution is -2.48. The number of aryl methyl sites for hydroxylation is 1. The Balaban J connectivity index is 2.21. The van der Waals surface area contributed by atoms with Gasteiger partial charge < -0.3 is 15.0 Å². The van der Waals surface area contributed by atoms with E-state index in [-0.39, 0.29) is 24.8 Å². The number of likely N-dealkylation sites (N-methyl/N-ethyl adjacent to an activating group) is 1. The van der Waals surface area contributed by atoms with Gasteiger partial charge in [0.05, 0.1) is 18.6 Å². The van der Waals surface area contributed by atoms with Gasteiger partial charge >= 0.3 is 0 Å². The molecular formula is C26H37N3O5S. The Kier molecular flexibility index (Phi) is 10.6. The molecule has 1 atom stereocenters. The molecule has 35 heavy (non-hydrogen) atoms. The molecule has 1 N–H and O–H groups in total. The van der Waals surface area contributed by atoms with Crippen LogP contribution in [0.15, 0.2) is 48.5 Å². The van der Waals surface area contributed by atoms with E-state index in [9.17, 15) is 18.0 Å². The molecule has 0 spiro atoms. The van der Waals surface area contributed by atoms with Gasteiger partial charge in [0, 0.05) is 26.6 Å². The number of hydrogen-bond acceptors (Lipinski definition) is 5. The second kappa shape index (κ2) is 13.1. The second-order valence-corrected chi connectivity index (χ2v) is 10.3. The van der Waals surface area contributed by atoms with Crippen LogP contribution < -0.4 is 14.4 Å². The molecule has 0 unspecified atom stereocenters. The molecule has 2 rings (SSSR count). The Hall–Kier alpha value is -3.07. The van der Waals surface area contributed by atoms with E-state index >= 15 is 0 Å². The van der Waals surface area contributed by atoms with Gasteiger partial charge in [-0.2, -0.15) is 0 Å². The molecule has 8 nitrogen and oxygen atoms in total. The van der Waals surface area contributed by atoms with E-state index in [1.165, 1.54) is 4.31 Å². The van der Waals surface area contributed by atoms with Crippen molar-refractivity contribution in [3.05, 3.63) is 59.7 Å². The van der Waals surface area contributed by atoms with Gasteiger partial charge in [-0.15, -0.1) is 0 Å². The molecule has 0 saturated heterocycles. The zero-order chi connectivity index (χ0) is 26.0. The van der Waals surface area contributed by atoms with Crippen molar-refractivity contribution in [1.82, 2.24) is 10.2 Å². The van der Waals surface area contributed by atoms with Crippen LogP contribution in [0.2, 0.25) is 0 Å². The first-order chi connectivity index (χ1) is 16.6. The number of anilines is 1. The number of benzene rings is 2. The summed E-state index contributed by atoms with van der Waals surface area (Å²) in [4.78, 5) is 27.4. The number of nitrogens with one attached hydrogen (secondary N) is 1. The highest BCUT2D eigenvalue weighted by atomic mass is 32.2. The summed E-state index contributed by atoms with van der Waals surface area (Å²) in [5, 5.41) is 2.65. The van der Waals surface area contributed by atoms with Crippen molar-refractivity contribution in [1.29, 1.82) is 0 Å². The summed E-state index contributed by atoms with van der Waals surface area (Å²) in [6, 6.07) is 14.2. The standard InChI is InChI=1S/C26H37N3O5S/c1-6-22(26(31)27-4)28(19-21-16-14-20(3)15-17-21)25(30)13-10-18-29(35(5,32)33)23-11-8-9-12-24(23)34-7-2/h8-9,11-12,14-17,22H,6-7,10,13,18-19H2,1-5H3,(H,27,31)/t22-/m0/s1. The zero-order valence-corrected chi connectivity index (χ0v) is 22.1. The minimum Gasteiger partial charge on any atom is -0.492 e. The van der Waals surface area contributed by atoms with Crippen LogP contribution in [-0.4, -0.2) is 57.6 Å². The quantitative estimate of drug-likeness (QED) is 0.451. The summed E-state index contributed by atoms with van der Waals surface area (Å²) in [7, 11) is -2.05. The number of rotatable bonds is 13. The SMILES string of the molecule is CCOc1ccccc1N(CCCC(=O)N(Cc1ccc(C)cc1)[C@@H](CC)C(=O)NC)S(C)(=O)=O. The molecule has 0 aliphatic heterocycles. The molecule has 0 fully saturated rings. The number of carbonyl (C=O) groups excluding carboxylic acids is 2. The van der Waals surface area contributed by atoms with Crippen LogP contribution in [-0.2, 0) is 26.2 Å². The molecule has 0 radical (unpaired) electrons. The van der Waals surface area contributed by atoms with Crippen LogP contribution in [0.3, 0.4) is 0 Å². The highest BCUT2D eigenvalue weighted by molar-refractivity contribution is 7.92. The monoisotopic (exact) mass is 503 g/mol. The second-order valence-electron chi connectivity index (χ2n) is 8.38. The summed E-state index contributed by atoms with van der Waals surface area (Å²) in [5.74, 6) is 0.0438. The first kappa shape index (κ1) is 28.2. The number of para-hydroxylation sites is 2. The first-order valence-electron chi connectivity index (χ1n) is 11.9. The van der Waals surface area contributed by atoms with Crippen molar-refractivity contribution in [2.75, 3.05) is 30.8 Å². The van der Waals surface area contributed by atoms with Gasteiger partial charge in [-0.1, -0.05) is 48.9 Å². The predicted molar refractivity (Wildman–Crippen MR) is 139 cm³/mol. The Bertz CT molecular complexity index is 1090. The molecule has 9 heteroatoms. The molecule has 2 aromatic carbocycles. The Morgan fingerprint density at radius 1 is 1.06 bits per heavy atom. The fourth-order valence-electron chi connectivity index (χ4n) is 3.90. The van der Waals surface area contributed by atoms with Crippen molar-refractivity contribution >= 4 is 27.5 Å². The van der Waals surface area contributed by atoms with E-state index in [0.29, 0.717) is 37.4 Å². The van der Waals surface area contributed by atoms with Gasteiger partial charge in [0.25, 0.3) is 0 Å². The zero-order valence-electron chi connectivity index (χ0n) is 21.3. The van der Waals surface area contributed by atoms with Crippen LogP contribution in [0.4, 0.5) is 5.69 Å². The average Bonchev–Trinajstić information content (AvgIpc) is 2.82. The van der Waals surface area contributed by atoms with Crippen molar-refractivity contribution < 1.29 is 22.7 Å².